The Morgan fingerprint density at radius 3 is 2.74 bits per heavy atom. The number of hydrogen-bond acceptors (Lipinski definition) is 7. The fourth-order valence-electron chi connectivity index (χ4n) is 4.05. The van der Waals surface area contributed by atoms with Gasteiger partial charge in [-0.25, -0.2) is 9.48 Å². The summed E-state index contributed by atoms with van der Waals surface area (Å²) in [4.78, 5) is 27.9. The largest absolute Gasteiger partial charge is 0.441 e. The van der Waals surface area contributed by atoms with Gasteiger partial charge < -0.3 is 14.2 Å². The molecule has 160 valence electrons. The van der Waals surface area contributed by atoms with E-state index in [9.17, 15) is 14.3 Å². The van der Waals surface area contributed by atoms with Crippen LogP contribution in [0.1, 0.15) is 5.56 Å². The lowest BCUT2D eigenvalue weighted by Gasteiger charge is -2.17. The zero-order valence-electron chi connectivity index (χ0n) is 16.9. The molecule has 10 nitrogen and oxygen atoms in total. The van der Waals surface area contributed by atoms with Gasteiger partial charge in [0.1, 0.15) is 11.8 Å². The molecule has 1 unspecified atom stereocenters. The lowest BCUT2D eigenvalue weighted by atomic mass is 10.0. The van der Waals surface area contributed by atoms with Crippen LogP contribution in [-0.2, 0) is 27.3 Å². The van der Waals surface area contributed by atoms with E-state index in [2.05, 4.69) is 15.3 Å². The summed E-state index contributed by atoms with van der Waals surface area (Å²) < 4.78 is 23.5. The third kappa shape index (κ3) is 3.63. The molecule has 4 heterocycles. The highest BCUT2D eigenvalue weighted by atomic mass is 31.2. The van der Waals surface area contributed by atoms with Gasteiger partial charge in [0, 0.05) is 25.5 Å². The molecule has 11 heteroatoms. The van der Waals surface area contributed by atoms with Crippen LogP contribution in [0.25, 0.3) is 22.5 Å². The Morgan fingerprint density at radius 1 is 1.26 bits per heavy atom. The second kappa shape index (κ2) is 7.26. The van der Waals surface area contributed by atoms with Gasteiger partial charge in [0.2, 0.25) is 0 Å². The molecule has 31 heavy (non-hydrogen) atoms. The van der Waals surface area contributed by atoms with Gasteiger partial charge in [0.25, 0.3) is 0 Å². The fourth-order valence-corrected chi connectivity index (χ4v) is 4.47. The van der Waals surface area contributed by atoms with Crippen LogP contribution in [0.3, 0.4) is 0 Å². The normalized spacial score (nSPS) is 21.5. The number of carbonyl (C=O) groups is 1. The van der Waals surface area contributed by atoms with Gasteiger partial charge in [-0.2, -0.15) is 0 Å². The van der Waals surface area contributed by atoms with Crippen LogP contribution < -0.4 is 4.90 Å². The van der Waals surface area contributed by atoms with E-state index in [1.165, 1.54) is 0 Å². The fraction of sp³-hybridized carbons (Fsp3) is 0.300. The zero-order valence-corrected chi connectivity index (χ0v) is 17.8. The number of aryl methyl sites for hydroxylation is 1. The van der Waals surface area contributed by atoms with Crippen molar-refractivity contribution in [2.45, 2.75) is 18.6 Å². The Bertz CT molecular complexity index is 1200. The molecule has 1 N–H and O–H groups in total. The zero-order chi connectivity index (χ0) is 21.8. The van der Waals surface area contributed by atoms with Crippen LogP contribution in [0.5, 0.6) is 0 Å². The van der Waals surface area contributed by atoms with Crippen molar-refractivity contribution in [3.05, 3.63) is 48.3 Å². The minimum absolute atomic E-state index is 0.119. The van der Waals surface area contributed by atoms with Gasteiger partial charge in [0.05, 0.1) is 30.2 Å². The van der Waals surface area contributed by atoms with E-state index in [4.69, 9.17) is 9.26 Å². The number of rotatable bonds is 5. The molecule has 1 amide bonds. The molecule has 2 aliphatic heterocycles. The molecular weight excluding hydrogens is 421 g/mol. The number of aromatic nitrogens is 4. The average molecular weight is 441 g/mol. The smallest absolute Gasteiger partial charge is 0.415 e. The summed E-state index contributed by atoms with van der Waals surface area (Å²) in [5, 5.41) is 7.80. The van der Waals surface area contributed by atoms with E-state index in [1.807, 2.05) is 37.4 Å². The Hall–Kier alpha value is -3.07. The Kier molecular flexibility index (Phi) is 4.65. The Morgan fingerprint density at radius 2 is 2.06 bits per heavy atom. The van der Waals surface area contributed by atoms with Gasteiger partial charge >= 0.3 is 13.7 Å². The number of cyclic esters (lactones) is 1. The number of carbonyl (C=O) groups excluding carboxylic acids is 1. The number of nitrogens with zero attached hydrogens (tertiary/aromatic N) is 5. The first-order chi connectivity index (χ1) is 14.8. The van der Waals surface area contributed by atoms with Crippen LogP contribution in [0, 0.1) is 0 Å². The maximum absolute atomic E-state index is 12.4. The van der Waals surface area contributed by atoms with E-state index in [0.29, 0.717) is 6.42 Å². The number of anilines is 1. The minimum Gasteiger partial charge on any atom is -0.441 e. The maximum Gasteiger partial charge on any atom is 0.415 e. The van der Waals surface area contributed by atoms with Crippen molar-refractivity contribution in [1.82, 2.24) is 20.0 Å². The van der Waals surface area contributed by atoms with Crippen LogP contribution in [0.15, 0.2) is 42.7 Å². The van der Waals surface area contributed by atoms with Gasteiger partial charge in [-0.15, -0.1) is 5.10 Å². The second-order valence-electron chi connectivity index (χ2n) is 7.68. The van der Waals surface area contributed by atoms with Gasteiger partial charge in [-0.1, -0.05) is 17.3 Å². The van der Waals surface area contributed by atoms with E-state index >= 15 is 0 Å². The minimum atomic E-state index is -3.65. The Balaban J connectivity index is 1.38. The molecule has 1 fully saturated rings. The summed E-state index contributed by atoms with van der Waals surface area (Å²) in [6, 6.07) is 9.51. The topological polar surface area (TPSA) is 120 Å². The predicted octanol–water partition coefficient (Wildman–Crippen LogP) is 2.63. The van der Waals surface area contributed by atoms with Crippen LogP contribution in [0.2, 0.25) is 0 Å². The molecule has 5 rings (SSSR count). The SMILES string of the molecule is Cn1nncc1-c1ccc(-c2ccc3c(c2)C[C@H]2[C@H](COP(C)(=O)O)OC(=O)N32)cn1. The summed E-state index contributed by atoms with van der Waals surface area (Å²) in [5.74, 6) is 0. The molecule has 2 aromatic heterocycles. The average Bonchev–Trinajstić information content (AvgIpc) is 3.40. The van der Waals surface area contributed by atoms with Gasteiger partial charge in [-0.05, 0) is 35.7 Å². The van der Waals surface area contributed by atoms with E-state index < -0.39 is 19.8 Å². The monoisotopic (exact) mass is 441 g/mol. The van der Waals surface area contributed by atoms with Crippen LogP contribution >= 0.6 is 7.60 Å². The maximum atomic E-state index is 12.4. The molecule has 0 bridgehead atoms. The van der Waals surface area contributed by atoms with Crippen molar-refractivity contribution in [2.24, 2.45) is 7.05 Å². The lowest BCUT2D eigenvalue weighted by molar-refractivity contribution is 0.0874. The highest BCUT2D eigenvalue weighted by Crippen LogP contribution is 2.43. The van der Waals surface area contributed by atoms with Crippen LogP contribution in [-0.4, -0.2) is 56.4 Å². The summed E-state index contributed by atoms with van der Waals surface area (Å²) in [6.07, 6.45) is 2.97. The quantitative estimate of drug-likeness (QED) is 0.600. The number of hydrogen-bond donors (Lipinski definition) is 1. The Labute approximate surface area is 178 Å². The lowest BCUT2D eigenvalue weighted by Crippen LogP contribution is -2.35. The molecule has 1 aromatic carbocycles. The molecule has 3 aromatic rings. The van der Waals surface area contributed by atoms with Crippen molar-refractivity contribution in [3.8, 4) is 22.5 Å². The van der Waals surface area contributed by atoms with Gasteiger partial charge in [-0.3, -0.25) is 14.4 Å². The molecule has 0 aliphatic carbocycles. The standard InChI is InChI=1S/C20H20N5O5P/c1-24-18(10-22-23-24)15-5-3-13(9-21-15)12-4-6-16-14(7-12)8-17-19(11-29-31(2,27)28)30-20(26)25(16)17/h3-7,9-10,17,19H,8,11H2,1-2H3,(H,27,28)/t17-,19-/m0/s1. The predicted molar refractivity (Wildman–Crippen MR) is 112 cm³/mol. The number of benzene rings is 1. The summed E-state index contributed by atoms with van der Waals surface area (Å²) in [7, 11) is -1.83. The van der Waals surface area contributed by atoms with Crippen LogP contribution in [0.4, 0.5) is 10.5 Å². The van der Waals surface area contributed by atoms with Crippen molar-refractivity contribution >= 4 is 19.4 Å². The second-order valence-corrected chi connectivity index (χ2v) is 9.55. The third-order valence-corrected chi connectivity index (χ3v) is 6.16. The van der Waals surface area contributed by atoms with E-state index in [0.717, 1.165) is 40.4 Å². The van der Waals surface area contributed by atoms with Crippen molar-refractivity contribution in [2.75, 3.05) is 18.2 Å². The molecule has 2 aliphatic rings. The first-order valence-corrected chi connectivity index (χ1v) is 11.7. The number of amides is 1. The summed E-state index contributed by atoms with van der Waals surface area (Å²) >= 11 is 0. The highest BCUT2D eigenvalue weighted by molar-refractivity contribution is 7.51. The van der Waals surface area contributed by atoms with Crippen molar-refractivity contribution in [1.29, 1.82) is 0 Å². The summed E-state index contributed by atoms with van der Waals surface area (Å²) in [5.41, 5.74) is 5.33. The first kappa shape index (κ1) is 19.9. The molecule has 1 saturated heterocycles. The van der Waals surface area contributed by atoms with E-state index in [-0.39, 0.29) is 12.6 Å². The van der Waals surface area contributed by atoms with E-state index in [1.54, 1.807) is 22.0 Å². The molecule has 3 atom stereocenters. The first-order valence-electron chi connectivity index (χ1n) is 9.69. The van der Waals surface area contributed by atoms with Crippen molar-refractivity contribution in [3.63, 3.8) is 0 Å². The third-order valence-electron chi connectivity index (χ3n) is 5.53. The molecular formula is C20H20N5O5P. The number of ether oxygens (including phenoxy) is 1. The molecule has 0 spiro atoms. The molecule has 0 radical (unpaired) electrons. The summed E-state index contributed by atoms with van der Waals surface area (Å²) in [6.45, 7) is 0.994. The number of pyridine rings is 1. The highest BCUT2D eigenvalue weighted by Gasteiger charge is 2.48. The number of fused-ring (bicyclic) bond motifs is 3. The molecule has 0 saturated carbocycles. The van der Waals surface area contributed by atoms with Gasteiger partial charge in [0.15, 0.2) is 0 Å². The van der Waals surface area contributed by atoms with Crippen molar-refractivity contribution < 1.29 is 23.5 Å².